The molecule has 0 radical (unpaired) electrons. The van der Waals surface area contributed by atoms with E-state index < -0.39 is 0 Å². The first-order valence-electron chi connectivity index (χ1n) is 9.05. The first kappa shape index (κ1) is 42.4. The number of β-lactam (4-membered cyclic amide) rings is 1. The Morgan fingerprint density at radius 3 is 1.19 bits per heavy atom. The van der Waals surface area contributed by atoms with E-state index in [0.29, 0.717) is 25.9 Å². The predicted octanol–water partition coefficient (Wildman–Crippen LogP) is -1.55. The lowest BCUT2D eigenvalue weighted by Gasteiger charge is -2.10. The molecule has 5 amide bonds. The zero-order valence-corrected chi connectivity index (χ0v) is 18.4. The molecule has 31 heavy (non-hydrogen) atoms. The van der Waals surface area contributed by atoms with Gasteiger partial charge >= 0.3 is 0 Å². The average molecular weight is 454 g/mol. The van der Waals surface area contributed by atoms with Crippen molar-refractivity contribution in [2.45, 2.75) is 48.0 Å². The van der Waals surface area contributed by atoms with Crippen molar-refractivity contribution >= 4 is 29.5 Å². The molecule has 9 N–H and O–H groups in total. The van der Waals surface area contributed by atoms with Crippen molar-refractivity contribution in [1.29, 1.82) is 0 Å². The Balaban J connectivity index is -0.0000000699. The van der Waals surface area contributed by atoms with Crippen LogP contribution in [0.3, 0.4) is 0 Å². The highest BCUT2D eigenvalue weighted by Gasteiger charge is 2.07. The van der Waals surface area contributed by atoms with E-state index in [1.807, 2.05) is 0 Å². The van der Waals surface area contributed by atoms with E-state index in [2.05, 4.69) is 38.1 Å². The highest BCUT2D eigenvalue weighted by atomic mass is 16.2. The number of amides is 5. The second kappa shape index (κ2) is 34.8. The van der Waals surface area contributed by atoms with Crippen molar-refractivity contribution in [3.63, 3.8) is 0 Å². The van der Waals surface area contributed by atoms with E-state index in [0.717, 1.165) is 13.0 Å². The number of nitrogens with one attached hydrogen (secondary N) is 5. The van der Waals surface area contributed by atoms with Crippen LogP contribution in [0, 0.1) is 0 Å². The maximum Gasteiger partial charge on any atom is 0.221 e. The van der Waals surface area contributed by atoms with Gasteiger partial charge in [-0.25, -0.2) is 0 Å². The van der Waals surface area contributed by atoms with E-state index >= 15 is 0 Å². The second-order valence-electron chi connectivity index (χ2n) is 4.91. The van der Waals surface area contributed by atoms with Crippen LogP contribution < -0.4 is 38.1 Å². The standard InChI is InChI=1S/2C6H12N2O2.C3H5NO.2CH5N.2CH4/c2*1-5(9)8-4-3-6(10)7-2;5-3-1-2-4-3;2*1-2;;/h2*3-4H2,1-2H3,(H,7,10)(H,8,9);1-2H2,(H,4,5);2*2H2,1H3;2*1H4. The molecule has 12 nitrogen and oxygen atoms in total. The molecule has 0 aliphatic carbocycles. The monoisotopic (exact) mass is 453 g/mol. The Bertz CT molecular complexity index is 423. The van der Waals surface area contributed by atoms with Crippen molar-refractivity contribution < 1.29 is 24.0 Å². The second-order valence-corrected chi connectivity index (χ2v) is 4.91. The van der Waals surface area contributed by atoms with Crippen LogP contribution in [0.25, 0.3) is 0 Å². The molecule has 1 aliphatic rings. The topological polar surface area (TPSA) is 198 Å². The highest BCUT2D eigenvalue weighted by molar-refractivity contribution is 5.81. The zero-order valence-electron chi connectivity index (χ0n) is 18.4. The molecule has 1 saturated heterocycles. The van der Waals surface area contributed by atoms with E-state index in [1.165, 1.54) is 27.9 Å². The smallest absolute Gasteiger partial charge is 0.221 e. The van der Waals surface area contributed by atoms with Gasteiger partial charge in [0.15, 0.2) is 0 Å². The van der Waals surface area contributed by atoms with Crippen molar-refractivity contribution in [3.05, 3.63) is 0 Å². The van der Waals surface area contributed by atoms with Gasteiger partial charge in [0.25, 0.3) is 0 Å². The van der Waals surface area contributed by atoms with Crippen LogP contribution in [0.5, 0.6) is 0 Å². The van der Waals surface area contributed by atoms with E-state index in [1.54, 1.807) is 14.1 Å². The molecule has 12 heteroatoms. The van der Waals surface area contributed by atoms with Crippen LogP contribution >= 0.6 is 0 Å². The average Bonchev–Trinajstić information content (AvgIpc) is 2.69. The van der Waals surface area contributed by atoms with Crippen LogP contribution in [0.1, 0.15) is 48.0 Å². The first-order valence-corrected chi connectivity index (χ1v) is 9.05. The van der Waals surface area contributed by atoms with E-state index in [4.69, 9.17) is 0 Å². The van der Waals surface area contributed by atoms with E-state index in [9.17, 15) is 24.0 Å². The molecular formula is C19H47N7O5. The molecule has 0 unspecified atom stereocenters. The van der Waals surface area contributed by atoms with E-state index in [-0.39, 0.29) is 44.4 Å². The van der Waals surface area contributed by atoms with Gasteiger partial charge in [0.2, 0.25) is 29.5 Å². The number of rotatable bonds is 6. The maximum absolute atomic E-state index is 10.5. The molecule has 0 saturated carbocycles. The summed E-state index contributed by atoms with van der Waals surface area (Å²) in [6.07, 6.45) is 1.42. The number of carbonyl (C=O) groups is 5. The Morgan fingerprint density at radius 1 is 0.806 bits per heavy atom. The molecule has 188 valence electrons. The Hall–Kier alpha value is -2.73. The van der Waals surface area contributed by atoms with Crippen LogP contribution in [0.4, 0.5) is 0 Å². The summed E-state index contributed by atoms with van der Waals surface area (Å²) >= 11 is 0. The fraction of sp³-hybridized carbons (Fsp3) is 0.737. The molecule has 1 heterocycles. The summed E-state index contributed by atoms with van der Waals surface area (Å²) < 4.78 is 0. The summed E-state index contributed by atoms with van der Waals surface area (Å²) in [5.74, 6) is -0.152. The van der Waals surface area contributed by atoms with Gasteiger partial charge in [-0.1, -0.05) is 14.9 Å². The lowest BCUT2D eigenvalue weighted by Crippen LogP contribution is -2.37. The normalized spacial score (nSPS) is 9.23. The Kier molecular flexibility index (Phi) is 47.5. The fourth-order valence-corrected chi connectivity index (χ4v) is 1.18. The molecular weight excluding hydrogens is 406 g/mol. The third-order valence-corrected chi connectivity index (χ3v) is 2.68. The van der Waals surface area contributed by atoms with Gasteiger partial charge in [-0.15, -0.1) is 0 Å². The molecule has 0 atom stereocenters. The van der Waals surface area contributed by atoms with Gasteiger partial charge in [0, 0.05) is 66.8 Å². The minimum absolute atomic E-state index is 0. The maximum atomic E-state index is 10.5. The van der Waals surface area contributed by atoms with Gasteiger partial charge < -0.3 is 38.1 Å². The van der Waals surface area contributed by atoms with Crippen LogP contribution in [0.2, 0.25) is 0 Å². The lowest BCUT2D eigenvalue weighted by atomic mass is 10.3. The van der Waals surface area contributed by atoms with Crippen LogP contribution in [-0.4, -0.2) is 77.4 Å². The van der Waals surface area contributed by atoms with Crippen molar-refractivity contribution in [1.82, 2.24) is 26.6 Å². The molecule has 1 aliphatic heterocycles. The largest absolute Gasteiger partial charge is 0.359 e. The molecule has 0 bridgehead atoms. The summed E-state index contributed by atoms with van der Waals surface area (Å²) in [4.78, 5) is 51.4. The van der Waals surface area contributed by atoms with Crippen molar-refractivity contribution in [2.24, 2.45) is 11.5 Å². The van der Waals surface area contributed by atoms with Crippen LogP contribution in [-0.2, 0) is 24.0 Å². The first-order chi connectivity index (χ1) is 13.7. The molecule has 0 spiro atoms. The zero-order chi connectivity index (χ0) is 23.7. The van der Waals surface area contributed by atoms with Crippen molar-refractivity contribution in [3.8, 4) is 0 Å². The van der Waals surface area contributed by atoms with Gasteiger partial charge in [-0.3, -0.25) is 24.0 Å². The number of nitrogens with two attached hydrogens (primary N) is 2. The molecule has 1 rings (SSSR count). The molecule has 0 aromatic carbocycles. The number of carbonyl (C=O) groups excluding carboxylic acids is 5. The third-order valence-electron chi connectivity index (χ3n) is 2.68. The molecule has 0 aromatic heterocycles. The van der Waals surface area contributed by atoms with Crippen molar-refractivity contribution in [2.75, 3.05) is 47.8 Å². The minimum Gasteiger partial charge on any atom is -0.359 e. The van der Waals surface area contributed by atoms with Gasteiger partial charge in [0.05, 0.1) is 0 Å². The predicted molar refractivity (Wildman–Crippen MR) is 126 cm³/mol. The fourth-order valence-electron chi connectivity index (χ4n) is 1.18. The summed E-state index contributed by atoms with van der Waals surface area (Å²) in [5.41, 5.74) is 9.00. The lowest BCUT2D eigenvalue weighted by molar-refractivity contribution is -0.125. The summed E-state index contributed by atoms with van der Waals surface area (Å²) in [6.45, 7) is 4.55. The number of hydrogen-bond donors (Lipinski definition) is 7. The van der Waals surface area contributed by atoms with Gasteiger partial charge in [-0.05, 0) is 14.1 Å². The quantitative estimate of drug-likeness (QED) is 0.236. The van der Waals surface area contributed by atoms with Gasteiger partial charge in [-0.2, -0.15) is 0 Å². The van der Waals surface area contributed by atoms with Gasteiger partial charge in [0.1, 0.15) is 0 Å². The Morgan fingerprint density at radius 2 is 1.06 bits per heavy atom. The third kappa shape index (κ3) is 46.9. The summed E-state index contributed by atoms with van der Waals surface area (Å²) in [6, 6.07) is 0. The highest BCUT2D eigenvalue weighted by Crippen LogP contribution is 1.85. The van der Waals surface area contributed by atoms with Crippen LogP contribution in [0.15, 0.2) is 0 Å². The SMILES string of the molecule is C.C.CN.CN.CNC(=O)CCNC(C)=O.CNC(=O)CCNC(C)=O.O=C1CCN1. The number of hydrogen-bond acceptors (Lipinski definition) is 7. The summed E-state index contributed by atoms with van der Waals surface area (Å²) in [7, 11) is 6.13. The molecule has 1 fully saturated rings. The Labute approximate surface area is 188 Å². The molecule has 0 aromatic rings. The minimum atomic E-state index is -0.107. The summed E-state index contributed by atoms with van der Waals surface area (Å²) in [5, 5.41) is 12.5.